The molecule has 3 amide bonds. The largest absolute Gasteiger partial charge is 0.325 e. The van der Waals surface area contributed by atoms with Crippen molar-refractivity contribution in [1.29, 1.82) is 0 Å². The summed E-state index contributed by atoms with van der Waals surface area (Å²) >= 11 is 1.34. The number of imide groups is 1. The maximum atomic E-state index is 13.4. The highest BCUT2D eigenvalue weighted by Crippen LogP contribution is 2.20. The van der Waals surface area contributed by atoms with Crippen molar-refractivity contribution in [2.45, 2.75) is 25.1 Å². The monoisotopic (exact) mass is 314 g/mol. The molecule has 1 heterocycles. The number of amides is 3. The van der Waals surface area contributed by atoms with Crippen LogP contribution in [0.1, 0.15) is 19.4 Å². The van der Waals surface area contributed by atoms with Gasteiger partial charge < -0.3 is 5.32 Å². The van der Waals surface area contributed by atoms with Gasteiger partial charge in [0, 0.05) is 23.6 Å². The van der Waals surface area contributed by atoms with E-state index >= 15 is 0 Å². The molecule has 1 N–H and O–H groups in total. The molecule has 114 valence electrons. The van der Waals surface area contributed by atoms with Crippen molar-refractivity contribution in [3.8, 4) is 0 Å². The van der Waals surface area contributed by atoms with Crippen LogP contribution in [0, 0.1) is 11.6 Å². The van der Waals surface area contributed by atoms with Crippen LogP contribution in [0.15, 0.2) is 18.2 Å². The number of halogens is 2. The van der Waals surface area contributed by atoms with E-state index < -0.39 is 23.2 Å². The Hall–Kier alpha value is -1.63. The van der Waals surface area contributed by atoms with E-state index in [9.17, 15) is 18.4 Å². The lowest BCUT2D eigenvalue weighted by Crippen LogP contribution is -2.40. The molecule has 1 aromatic rings. The highest BCUT2D eigenvalue weighted by atomic mass is 32.2. The fraction of sp³-hybridized carbons (Fsp3) is 0.429. The minimum absolute atomic E-state index is 0.246. The molecule has 0 spiro atoms. The Balaban J connectivity index is 1.84. The number of rotatable bonds is 5. The van der Waals surface area contributed by atoms with E-state index in [0.29, 0.717) is 5.75 Å². The van der Waals surface area contributed by atoms with Gasteiger partial charge in [0.1, 0.15) is 5.54 Å². The number of hydrogen-bond donors (Lipinski definition) is 1. The minimum Gasteiger partial charge on any atom is -0.324 e. The molecule has 2 rings (SSSR count). The molecule has 21 heavy (non-hydrogen) atoms. The van der Waals surface area contributed by atoms with E-state index in [0.717, 1.165) is 11.0 Å². The zero-order valence-electron chi connectivity index (χ0n) is 11.8. The molecule has 0 aliphatic carbocycles. The summed E-state index contributed by atoms with van der Waals surface area (Å²) in [4.78, 5) is 24.7. The number of nitrogens with one attached hydrogen (secondary N) is 1. The van der Waals surface area contributed by atoms with Crippen molar-refractivity contribution in [2.24, 2.45) is 0 Å². The van der Waals surface area contributed by atoms with E-state index in [1.165, 1.54) is 23.9 Å². The molecule has 1 aromatic carbocycles. The van der Waals surface area contributed by atoms with Gasteiger partial charge in [-0.2, -0.15) is 11.8 Å². The Morgan fingerprint density at radius 2 is 2.00 bits per heavy atom. The molecule has 7 heteroatoms. The number of thioether (sulfide) groups is 1. The Labute approximate surface area is 125 Å². The van der Waals surface area contributed by atoms with Crippen LogP contribution in [-0.2, 0) is 10.5 Å². The van der Waals surface area contributed by atoms with Crippen LogP contribution in [-0.4, -0.2) is 34.7 Å². The van der Waals surface area contributed by atoms with E-state index in [-0.39, 0.29) is 23.8 Å². The maximum absolute atomic E-state index is 13.4. The number of carbonyl (C=O) groups is 2. The minimum atomic E-state index is -0.879. The van der Waals surface area contributed by atoms with Gasteiger partial charge >= 0.3 is 6.03 Å². The van der Waals surface area contributed by atoms with E-state index in [2.05, 4.69) is 5.32 Å². The van der Waals surface area contributed by atoms with Crippen LogP contribution < -0.4 is 5.32 Å². The molecule has 1 fully saturated rings. The van der Waals surface area contributed by atoms with Gasteiger partial charge in [-0.3, -0.25) is 9.69 Å². The highest BCUT2D eigenvalue weighted by molar-refractivity contribution is 7.98. The average molecular weight is 314 g/mol. The summed E-state index contributed by atoms with van der Waals surface area (Å²) in [5.74, 6) is -1.24. The predicted octanol–water partition coefficient (Wildman–Crippen LogP) is 2.53. The molecule has 1 saturated heterocycles. The molecule has 4 nitrogen and oxygen atoms in total. The number of benzene rings is 1. The summed E-state index contributed by atoms with van der Waals surface area (Å²) in [6.07, 6.45) is 0. The van der Waals surface area contributed by atoms with E-state index in [4.69, 9.17) is 0 Å². The Bertz CT molecular complexity index is 578. The average Bonchev–Trinajstić information content (AvgIpc) is 2.60. The summed E-state index contributed by atoms with van der Waals surface area (Å²) < 4.78 is 26.5. The topological polar surface area (TPSA) is 49.4 Å². The summed E-state index contributed by atoms with van der Waals surface area (Å²) in [6.45, 7) is 3.53. The van der Waals surface area contributed by atoms with Crippen LogP contribution in [0.25, 0.3) is 0 Å². The van der Waals surface area contributed by atoms with Crippen LogP contribution in [0.4, 0.5) is 13.6 Å². The first-order valence-corrected chi connectivity index (χ1v) is 7.63. The first-order valence-electron chi connectivity index (χ1n) is 6.47. The van der Waals surface area contributed by atoms with Gasteiger partial charge in [-0.05, 0) is 19.9 Å². The van der Waals surface area contributed by atoms with Gasteiger partial charge in [0.05, 0.1) is 0 Å². The van der Waals surface area contributed by atoms with Gasteiger partial charge in [-0.1, -0.05) is 12.1 Å². The number of carbonyl (C=O) groups excluding carboxylic acids is 2. The first kappa shape index (κ1) is 15.8. The molecule has 0 radical (unpaired) electrons. The zero-order valence-corrected chi connectivity index (χ0v) is 12.6. The molecular weight excluding hydrogens is 298 g/mol. The number of urea groups is 1. The highest BCUT2D eigenvalue weighted by Gasteiger charge is 2.43. The molecule has 1 aliphatic rings. The third kappa shape index (κ3) is 3.34. The van der Waals surface area contributed by atoms with Crippen LogP contribution in [0.3, 0.4) is 0 Å². The number of nitrogens with zero attached hydrogens (tertiary/aromatic N) is 1. The van der Waals surface area contributed by atoms with Gasteiger partial charge in [-0.25, -0.2) is 13.6 Å². The quantitative estimate of drug-likeness (QED) is 0.671. The normalized spacial score (nSPS) is 17.2. The standard InChI is InChI=1S/C14H16F2N2O2S/c1-14(2)12(19)18(13(20)17-14)6-7-21-8-9-4-3-5-10(15)11(9)16/h3-5H,6-8H2,1-2H3,(H,17,20). The van der Waals surface area contributed by atoms with Gasteiger partial charge in [-0.15, -0.1) is 0 Å². The predicted molar refractivity (Wildman–Crippen MR) is 76.8 cm³/mol. The van der Waals surface area contributed by atoms with Crippen LogP contribution in [0.5, 0.6) is 0 Å². The lowest BCUT2D eigenvalue weighted by Gasteiger charge is -2.15. The fourth-order valence-corrected chi connectivity index (χ4v) is 2.92. The van der Waals surface area contributed by atoms with Crippen molar-refractivity contribution >= 4 is 23.7 Å². The van der Waals surface area contributed by atoms with Crippen molar-refractivity contribution in [2.75, 3.05) is 12.3 Å². The second kappa shape index (κ2) is 6.01. The van der Waals surface area contributed by atoms with E-state index in [1.54, 1.807) is 13.8 Å². The fourth-order valence-electron chi connectivity index (χ4n) is 2.02. The molecule has 0 atom stereocenters. The Kier molecular flexibility index (Phi) is 4.51. The lowest BCUT2D eigenvalue weighted by atomic mass is 10.1. The lowest BCUT2D eigenvalue weighted by molar-refractivity contribution is -0.130. The summed E-state index contributed by atoms with van der Waals surface area (Å²) in [7, 11) is 0. The van der Waals surface area contributed by atoms with Crippen molar-refractivity contribution < 1.29 is 18.4 Å². The molecule has 0 aromatic heterocycles. The Morgan fingerprint density at radius 3 is 2.62 bits per heavy atom. The maximum Gasteiger partial charge on any atom is 0.325 e. The van der Waals surface area contributed by atoms with Gasteiger partial charge in [0.15, 0.2) is 11.6 Å². The molecule has 0 bridgehead atoms. The summed E-state index contributed by atoms with van der Waals surface area (Å²) in [6, 6.07) is 3.62. The SMILES string of the molecule is CC1(C)NC(=O)N(CCSCc2cccc(F)c2F)C1=O. The summed E-state index contributed by atoms with van der Waals surface area (Å²) in [5, 5.41) is 2.59. The third-order valence-electron chi connectivity index (χ3n) is 3.19. The van der Waals surface area contributed by atoms with Crippen LogP contribution in [0.2, 0.25) is 0 Å². The van der Waals surface area contributed by atoms with Gasteiger partial charge in [0.2, 0.25) is 0 Å². The third-order valence-corrected chi connectivity index (χ3v) is 4.18. The molecule has 0 saturated carbocycles. The first-order chi connectivity index (χ1) is 9.83. The molecular formula is C14H16F2N2O2S. The zero-order chi connectivity index (χ0) is 15.6. The van der Waals surface area contributed by atoms with Crippen molar-refractivity contribution in [3.05, 3.63) is 35.4 Å². The second-order valence-electron chi connectivity index (χ2n) is 5.28. The smallest absolute Gasteiger partial charge is 0.324 e. The van der Waals surface area contributed by atoms with E-state index in [1.807, 2.05) is 0 Å². The molecule has 0 unspecified atom stereocenters. The van der Waals surface area contributed by atoms with Crippen molar-refractivity contribution in [1.82, 2.24) is 10.2 Å². The number of hydrogen-bond acceptors (Lipinski definition) is 3. The summed E-state index contributed by atoms with van der Waals surface area (Å²) in [5.41, 5.74) is -0.603. The second-order valence-corrected chi connectivity index (χ2v) is 6.38. The van der Waals surface area contributed by atoms with Gasteiger partial charge in [0.25, 0.3) is 5.91 Å². The molecule has 1 aliphatic heterocycles. The van der Waals surface area contributed by atoms with Crippen molar-refractivity contribution in [3.63, 3.8) is 0 Å². The van der Waals surface area contributed by atoms with Crippen LogP contribution >= 0.6 is 11.8 Å². The Morgan fingerprint density at radius 1 is 1.29 bits per heavy atom.